The van der Waals surface area contributed by atoms with E-state index in [4.69, 9.17) is 15.7 Å². The lowest BCUT2D eigenvalue weighted by molar-refractivity contribution is -0.199. The summed E-state index contributed by atoms with van der Waals surface area (Å²) in [5, 5.41) is 11.5. The molecule has 11 nitrogen and oxygen atoms in total. The predicted octanol–water partition coefficient (Wildman–Crippen LogP) is -1.09. The molecule has 1 aromatic rings. The minimum Gasteiger partial charge on any atom is -0.481 e. The number of carboxylic acid groups (broad SMARTS) is 1. The Bertz CT molecular complexity index is 752. The number of nitrogens with two attached hydrogens (primary N) is 1. The number of carboxylic acids is 1. The van der Waals surface area contributed by atoms with Crippen molar-refractivity contribution in [3.8, 4) is 0 Å². The summed E-state index contributed by atoms with van der Waals surface area (Å²) >= 11 is 0. The van der Waals surface area contributed by atoms with Gasteiger partial charge in [0.25, 0.3) is 11.8 Å². The van der Waals surface area contributed by atoms with Gasteiger partial charge in [0.1, 0.15) is 6.04 Å². The molecule has 0 unspecified atom stereocenters. The Labute approximate surface area is 159 Å². The van der Waals surface area contributed by atoms with E-state index >= 15 is 0 Å². The average Bonchev–Trinajstić information content (AvgIpc) is 2.97. The number of nitrogens with one attached hydrogen (secondary N) is 1. The Balaban J connectivity index is 2.01. The average molecular weight is 392 g/mol. The SMILES string of the molecule is N[C@@H](Cc1cccnc1)C(=O)N[C@@H](CCC(=O)O)C(=O)ON1C(=O)CCC1=O. The Morgan fingerprint density at radius 2 is 1.96 bits per heavy atom. The van der Waals surface area contributed by atoms with Crippen LogP contribution >= 0.6 is 0 Å². The monoisotopic (exact) mass is 392 g/mol. The Morgan fingerprint density at radius 1 is 1.29 bits per heavy atom. The van der Waals surface area contributed by atoms with Crippen LogP contribution in [0.3, 0.4) is 0 Å². The fourth-order valence-electron chi connectivity index (χ4n) is 2.47. The minimum atomic E-state index is -1.38. The molecule has 1 fully saturated rings. The van der Waals surface area contributed by atoms with Crippen molar-refractivity contribution in [1.29, 1.82) is 0 Å². The highest BCUT2D eigenvalue weighted by molar-refractivity contribution is 6.02. The molecule has 2 heterocycles. The third-order valence-corrected chi connectivity index (χ3v) is 3.95. The van der Waals surface area contributed by atoms with E-state index in [2.05, 4.69) is 10.3 Å². The third kappa shape index (κ3) is 5.84. The molecule has 150 valence electrons. The zero-order chi connectivity index (χ0) is 20.7. The van der Waals surface area contributed by atoms with Crippen LogP contribution in [0.25, 0.3) is 0 Å². The number of rotatable bonds is 9. The van der Waals surface area contributed by atoms with Crippen LogP contribution in [0.2, 0.25) is 0 Å². The maximum absolute atomic E-state index is 12.3. The van der Waals surface area contributed by atoms with Crippen molar-refractivity contribution < 1.29 is 33.9 Å². The predicted molar refractivity (Wildman–Crippen MR) is 91.9 cm³/mol. The van der Waals surface area contributed by atoms with Gasteiger partial charge in [-0.15, -0.1) is 5.06 Å². The van der Waals surface area contributed by atoms with Crippen molar-refractivity contribution in [2.45, 2.75) is 44.2 Å². The van der Waals surface area contributed by atoms with E-state index in [9.17, 15) is 24.0 Å². The zero-order valence-electron chi connectivity index (χ0n) is 14.9. The molecule has 0 aliphatic carbocycles. The lowest BCUT2D eigenvalue weighted by Crippen LogP contribution is -2.51. The highest BCUT2D eigenvalue weighted by Crippen LogP contribution is 2.14. The summed E-state index contributed by atoms with van der Waals surface area (Å²) in [4.78, 5) is 67.2. The van der Waals surface area contributed by atoms with Gasteiger partial charge in [-0.2, -0.15) is 0 Å². The smallest absolute Gasteiger partial charge is 0.355 e. The topological polar surface area (TPSA) is 169 Å². The molecule has 2 atom stereocenters. The molecule has 1 aliphatic heterocycles. The number of aliphatic carboxylic acids is 1. The van der Waals surface area contributed by atoms with E-state index in [1.165, 1.54) is 6.20 Å². The van der Waals surface area contributed by atoms with Crippen LogP contribution in [0.4, 0.5) is 0 Å². The number of hydrogen-bond donors (Lipinski definition) is 3. The molecular weight excluding hydrogens is 372 g/mol. The number of carbonyl (C=O) groups is 5. The fourth-order valence-corrected chi connectivity index (χ4v) is 2.47. The first-order valence-electron chi connectivity index (χ1n) is 8.52. The molecule has 1 saturated heterocycles. The number of hydroxylamine groups is 2. The summed E-state index contributed by atoms with van der Waals surface area (Å²) in [6.07, 6.45) is 2.32. The highest BCUT2D eigenvalue weighted by Gasteiger charge is 2.35. The molecular formula is C17H20N4O7. The maximum atomic E-state index is 12.3. The number of nitrogens with zero attached hydrogens (tertiary/aromatic N) is 2. The molecule has 0 aromatic carbocycles. The summed E-state index contributed by atoms with van der Waals surface area (Å²) < 4.78 is 0. The van der Waals surface area contributed by atoms with E-state index in [0.717, 1.165) is 0 Å². The highest BCUT2D eigenvalue weighted by atomic mass is 16.7. The van der Waals surface area contributed by atoms with E-state index in [1.54, 1.807) is 18.3 Å². The van der Waals surface area contributed by atoms with Gasteiger partial charge in [0.05, 0.1) is 6.04 Å². The van der Waals surface area contributed by atoms with Crippen LogP contribution in [0.15, 0.2) is 24.5 Å². The number of aromatic nitrogens is 1. The standard InChI is InChI=1S/C17H20N4O7/c18-11(8-10-2-1-7-19-9-10)16(26)20-12(3-6-15(24)25)17(27)28-21-13(22)4-5-14(21)23/h1-2,7,9,11-12H,3-6,8,18H2,(H,20,26)(H,24,25)/t11-,12-/m0/s1. The molecule has 0 bridgehead atoms. The maximum Gasteiger partial charge on any atom is 0.355 e. The molecule has 0 radical (unpaired) electrons. The molecule has 0 saturated carbocycles. The Hall–Kier alpha value is -3.34. The molecule has 2 rings (SSSR count). The molecule has 4 N–H and O–H groups in total. The van der Waals surface area contributed by atoms with E-state index < -0.39 is 48.2 Å². The Morgan fingerprint density at radius 3 is 2.54 bits per heavy atom. The van der Waals surface area contributed by atoms with Crippen LogP contribution in [0.1, 0.15) is 31.2 Å². The largest absolute Gasteiger partial charge is 0.481 e. The first kappa shape index (κ1) is 21.0. The van der Waals surface area contributed by atoms with Crippen LogP contribution in [-0.4, -0.2) is 56.9 Å². The molecule has 11 heteroatoms. The van der Waals surface area contributed by atoms with Crippen molar-refractivity contribution in [1.82, 2.24) is 15.4 Å². The first-order valence-corrected chi connectivity index (χ1v) is 8.52. The number of hydrogen-bond acceptors (Lipinski definition) is 8. The van der Waals surface area contributed by atoms with Gasteiger partial charge >= 0.3 is 11.9 Å². The minimum absolute atomic E-state index is 0.0890. The lowest BCUT2D eigenvalue weighted by atomic mass is 10.1. The third-order valence-electron chi connectivity index (χ3n) is 3.95. The van der Waals surface area contributed by atoms with Crippen molar-refractivity contribution >= 4 is 29.7 Å². The number of amides is 3. The van der Waals surface area contributed by atoms with Crippen molar-refractivity contribution in [2.24, 2.45) is 5.73 Å². The number of carbonyl (C=O) groups excluding carboxylic acids is 4. The van der Waals surface area contributed by atoms with Gasteiger partial charge in [-0.25, -0.2) is 4.79 Å². The number of imide groups is 1. The first-order chi connectivity index (χ1) is 13.3. The lowest BCUT2D eigenvalue weighted by Gasteiger charge is -2.21. The van der Waals surface area contributed by atoms with Crippen molar-refractivity contribution in [3.63, 3.8) is 0 Å². The van der Waals surface area contributed by atoms with Gasteiger partial charge in [0.2, 0.25) is 5.91 Å². The van der Waals surface area contributed by atoms with Gasteiger partial charge in [-0.05, 0) is 24.5 Å². The molecule has 1 aliphatic rings. The summed E-state index contributed by atoms with van der Waals surface area (Å²) in [6, 6.07) is 0.988. The van der Waals surface area contributed by atoms with Crippen LogP contribution in [-0.2, 0) is 35.2 Å². The fraction of sp³-hybridized carbons (Fsp3) is 0.412. The number of pyridine rings is 1. The van der Waals surface area contributed by atoms with Crippen molar-refractivity contribution in [2.75, 3.05) is 0 Å². The Kier molecular flexibility index (Phi) is 7.15. The zero-order valence-corrected chi connectivity index (χ0v) is 14.9. The molecule has 1 aromatic heterocycles. The van der Waals surface area contributed by atoms with E-state index in [-0.39, 0.29) is 25.7 Å². The van der Waals surface area contributed by atoms with Gasteiger partial charge in [-0.1, -0.05) is 6.07 Å². The second-order valence-corrected chi connectivity index (χ2v) is 6.16. The summed E-state index contributed by atoms with van der Waals surface area (Å²) in [5.74, 6) is -4.40. The van der Waals surface area contributed by atoms with Crippen LogP contribution in [0, 0.1) is 0 Å². The normalized spacial score (nSPS) is 15.8. The molecule has 3 amide bonds. The second kappa shape index (κ2) is 9.55. The van der Waals surface area contributed by atoms with E-state index in [1.807, 2.05) is 0 Å². The summed E-state index contributed by atoms with van der Waals surface area (Å²) in [7, 11) is 0. The van der Waals surface area contributed by atoms with Crippen LogP contribution < -0.4 is 11.1 Å². The van der Waals surface area contributed by atoms with Crippen LogP contribution in [0.5, 0.6) is 0 Å². The molecule has 0 spiro atoms. The van der Waals surface area contributed by atoms with Gasteiger partial charge in [0, 0.05) is 31.7 Å². The van der Waals surface area contributed by atoms with Gasteiger partial charge in [-0.3, -0.25) is 24.2 Å². The summed E-state index contributed by atoms with van der Waals surface area (Å²) in [6.45, 7) is 0. The van der Waals surface area contributed by atoms with E-state index in [0.29, 0.717) is 10.6 Å². The quantitative estimate of drug-likeness (QED) is 0.442. The van der Waals surface area contributed by atoms with Gasteiger partial charge < -0.3 is 21.0 Å². The van der Waals surface area contributed by atoms with Crippen molar-refractivity contribution in [3.05, 3.63) is 30.1 Å². The molecule has 28 heavy (non-hydrogen) atoms. The van der Waals surface area contributed by atoms with Gasteiger partial charge in [0.15, 0.2) is 0 Å². The summed E-state index contributed by atoms with van der Waals surface area (Å²) in [5.41, 5.74) is 6.53. The second-order valence-electron chi connectivity index (χ2n) is 6.16.